The van der Waals surface area contributed by atoms with Crippen LogP contribution in [0.25, 0.3) is 5.41 Å². The van der Waals surface area contributed by atoms with Crippen LogP contribution in [0.3, 0.4) is 0 Å². The first-order chi connectivity index (χ1) is 3.91. The number of hydrogen-bond donors (Lipinski definition) is 1. The van der Waals surface area contributed by atoms with Crippen LogP contribution in [0.2, 0.25) is 0 Å². The van der Waals surface area contributed by atoms with Gasteiger partial charge in [-0.1, -0.05) is 0 Å². The minimum Gasteiger partial charge on any atom is -0.724 e. The molecule has 0 aromatic carbocycles. The molecular weight excluding hydrogens is 108 g/mol. The second-order valence-electron chi connectivity index (χ2n) is 1.14. The van der Waals surface area contributed by atoms with Gasteiger partial charge in [0, 0.05) is 6.54 Å². The van der Waals surface area contributed by atoms with Crippen molar-refractivity contribution in [3.63, 3.8) is 0 Å². The van der Waals surface area contributed by atoms with Crippen LogP contribution in [0, 0.1) is 0 Å². The highest BCUT2D eigenvalue weighted by Gasteiger charge is 1.92. The fourth-order valence-corrected chi connectivity index (χ4v) is 0.361. The molecule has 0 bridgehead atoms. The Hall–Kier alpha value is -0.700. The van der Waals surface area contributed by atoms with E-state index in [0.29, 0.717) is 6.08 Å². The monoisotopic (exact) mass is 115 g/mol. The van der Waals surface area contributed by atoms with Crippen molar-refractivity contribution in [1.82, 2.24) is 5.32 Å². The van der Waals surface area contributed by atoms with Gasteiger partial charge >= 0.3 is 0 Å². The summed E-state index contributed by atoms with van der Waals surface area (Å²) in [5.41, 5.74) is 0. The van der Waals surface area contributed by atoms with Crippen molar-refractivity contribution in [2.24, 2.45) is 0 Å². The molecule has 0 atom stereocenters. The zero-order valence-electron chi connectivity index (χ0n) is 4.39. The lowest BCUT2D eigenvalue weighted by Crippen LogP contribution is -2.05. The largest absolute Gasteiger partial charge is 0.724 e. The van der Waals surface area contributed by atoms with E-state index in [1.54, 1.807) is 0 Å². The summed E-state index contributed by atoms with van der Waals surface area (Å²) >= 11 is 0. The van der Waals surface area contributed by atoms with Gasteiger partial charge in [-0.3, -0.25) is 10.1 Å². The number of hydrogen-bond acceptors (Lipinski definition) is 3. The number of ether oxygens (including phenoxy) is 1. The first kappa shape index (κ1) is 7.30. The molecule has 1 saturated heterocycles. The summed E-state index contributed by atoms with van der Waals surface area (Å²) in [6, 6.07) is 0. The van der Waals surface area contributed by atoms with Crippen LogP contribution in [0.4, 0.5) is 0 Å². The van der Waals surface area contributed by atoms with Crippen molar-refractivity contribution in [3.8, 4) is 0 Å². The molecule has 1 fully saturated rings. The highest BCUT2D eigenvalue weighted by molar-refractivity contribution is 5.36. The normalized spacial score (nSPS) is 16.0. The fourth-order valence-electron chi connectivity index (χ4n) is 0.361. The molecule has 0 spiro atoms. The molecule has 0 aromatic heterocycles. The summed E-state index contributed by atoms with van der Waals surface area (Å²) < 4.78 is 4.83. The van der Waals surface area contributed by atoms with Gasteiger partial charge in [0.2, 0.25) is 0 Å². The first-order valence-corrected chi connectivity index (χ1v) is 2.21. The van der Waals surface area contributed by atoms with Crippen molar-refractivity contribution < 1.29 is 9.53 Å². The average Bonchev–Trinajstić information content (AvgIpc) is 2.17. The van der Waals surface area contributed by atoms with Gasteiger partial charge in [0.05, 0.1) is 13.3 Å². The molecule has 0 radical (unpaired) electrons. The highest BCUT2D eigenvalue weighted by atomic mass is 16.5. The fraction of sp³-hybridized carbons (Fsp3) is 0.750. The Morgan fingerprint density at radius 1 is 1.75 bits per heavy atom. The molecule has 4 heteroatoms. The first-order valence-electron chi connectivity index (χ1n) is 2.21. The average molecular weight is 115 g/mol. The summed E-state index contributed by atoms with van der Waals surface area (Å²) in [5.74, 6) is 0. The van der Waals surface area contributed by atoms with Crippen molar-refractivity contribution in [2.45, 2.75) is 0 Å². The number of nitrogens with one attached hydrogen (secondary N) is 1. The summed E-state index contributed by atoms with van der Waals surface area (Å²) in [6.07, 6.45) is 0.500. The minimum absolute atomic E-state index is 0.500. The van der Waals surface area contributed by atoms with Crippen LogP contribution in [0.5, 0.6) is 0 Å². The molecule has 1 heterocycles. The van der Waals surface area contributed by atoms with Gasteiger partial charge in [-0.2, -0.15) is 0 Å². The molecule has 8 heavy (non-hydrogen) atoms. The molecular formula is C4H7N2O2-. The third-order valence-electron chi connectivity index (χ3n) is 0.627. The SMILES string of the molecule is C1COCN1.[N-]=C=O. The van der Waals surface area contributed by atoms with Crippen LogP contribution in [0.15, 0.2) is 0 Å². The summed E-state index contributed by atoms with van der Waals surface area (Å²) in [6.45, 7) is 2.67. The Morgan fingerprint density at radius 2 is 2.38 bits per heavy atom. The van der Waals surface area contributed by atoms with E-state index >= 15 is 0 Å². The van der Waals surface area contributed by atoms with E-state index in [9.17, 15) is 0 Å². The summed E-state index contributed by atoms with van der Waals surface area (Å²) in [7, 11) is 0. The Labute approximate surface area is 47.3 Å². The summed E-state index contributed by atoms with van der Waals surface area (Å²) in [5, 5.41) is 9.76. The maximum Gasteiger partial charge on any atom is 0.0966 e. The van der Waals surface area contributed by atoms with Gasteiger partial charge in [-0.05, 0) is 6.08 Å². The Morgan fingerprint density at radius 3 is 2.50 bits per heavy atom. The van der Waals surface area contributed by atoms with E-state index in [-0.39, 0.29) is 0 Å². The van der Waals surface area contributed by atoms with E-state index in [2.05, 4.69) is 5.32 Å². The number of isocyanates is 1. The van der Waals surface area contributed by atoms with Crippen LogP contribution in [0.1, 0.15) is 0 Å². The second kappa shape index (κ2) is 6.30. The van der Waals surface area contributed by atoms with Gasteiger partial charge in [0.25, 0.3) is 0 Å². The van der Waals surface area contributed by atoms with Gasteiger partial charge in [0.1, 0.15) is 0 Å². The Kier molecular flexibility index (Phi) is 5.75. The predicted molar refractivity (Wildman–Crippen MR) is 27.9 cm³/mol. The zero-order valence-corrected chi connectivity index (χ0v) is 4.39. The zero-order chi connectivity index (χ0) is 6.24. The minimum atomic E-state index is 0.500. The van der Waals surface area contributed by atoms with Crippen LogP contribution >= 0.6 is 0 Å². The van der Waals surface area contributed by atoms with E-state index in [4.69, 9.17) is 14.9 Å². The number of nitrogens with zero attached hydrogens (tertiary/aromatic N) is 1. The molecule has 0 amide bonds. The van der Waals surface area contributed by atoms with Gasteiger partial charge in [-0.25, -0.2) is 0 Å². The van der Waals surface area contributed by atoms with Crippen molar-refractivity contribution in [3.05, 3.63) is 5.41 Å². The molecule has 1 aliphatic rings. The van der Waals surface area contributed by atoms with Crippen LogP contribution in [-0.4, -0.2) is 26.0 Å². The molecule has 46 valence electrons. The number of rotatable bonds is 0. The molecule has 1 rings (SSSR count). The van der Waals surface area contributed by atoms with Crippen LogP contribution in [-0.2, 0) is 9.53 Å². The Bertz CT molecular complexity index is 66.5. The standard InChI is InChI=1S/C3H7NO.CNO/c1-2-5-3-4-1;2-1-3/h4H,1-3H2;/q;-1. The van der Waals surface area contributed by atoms with E-state index < -0.39 is 0 Å². The smallest absolute Gasteiger partial charge is 0.0966 e. The Balaban J connectivity index is 0.000000145. The van der Waals surface area contributed by atoms with Crippen molar-refractivity contribution in [2.75, 3.05) is 19.9 Å². The van der Waals surface area contributed by atoms with Gasteiger partial charge in [-0.15, -0.1) is 0 Å². The molecule has 0 unspecified atom stereocenters. The van der Waals surface area contributed by atoms with Crippen LogP contribution < -0.4 is 5.32 Å². The van der Waals surface area contributed by atoms with Crippen molar-refractivity contribution in [1.29, 1.82) is 0 Å². The summed E-state index contributed by atoms with van der Waals surface area (Å²) in [4.78, 5) is 8.24. The highest BCUT2D eigenvalue weighted by Crippen LogP contribution is 1.75. The van der Waals surface area contributed by atoms with Gasteiger partial charge < -0.3 is 10.1 Å². The van der Waals surface area contributed by atoms with Crippen molar-refractivity contribution >= 4 is 6.08 Å². The lowest BCUT2D eigenvalue weighted by molar-refractivity contribution is 0.194. The molecule has 0 aromatic rings. The molecule has 1 aliphatic heterocycles. The lowest BCUT2D eigenvalue weighted by atomic mass is 10.7. The van der Waals surface area contributed by atoms with E-state index in [1.807, 2.05) is 0 Å². The maximum atomic E-state index is 8.24. The predicted octanol–water partition coefficient (Wildman–Crippen LogP) is -0.545. The number of carbonyl (C=O) groups excluding carboxylic acids is 1. The van der Waals surface area contributed by atoms with Gasteiger partial charge in [0.15, 0.2) is 0 Å². The molecule has 0 saturated carbocycles. The second-order valence-corrected chi connectivity index (χ2v) is 1.14. The quantitative estimate of drug-likeness (QED) is 0.340. The molecule has 1 N–H and O–H groups in total. The topological polar surface area (TPSA) is 60.6 Å². The third-order valence-corrected chi connectivity index (χ3v) is 0.627. The van der Waals surface area contributed by atoms with E-state index in [0.717, 1.165) is 19.9 Å². The van der Waals surface area contributed by atoms with E-state index in [1.165, 1.54) is 0 Å². The maximum absolute atomic E-state index is 8.24. The third kappa shape index (κ3) is 5.30. The lowest BCUT2D eigenvalue weighted by Gasteiger charge is -1.76. The molecule has 4 nitrogen and oxygen atoms in total. The molecule has 0 aliphatic carbocycles.